The molecule has 0 bridgehead atoms. The Balaban J connectivity index is 1.76. The van der Waals surface area contributed by atoms with E-state index < -0.39 is 17.4 Å². The molecule has 0 spiro atoms. The van der Waals surface area contributed by atoms with Gasteiger partial charge in [0.25, 0.3) is 5.91 Å². The normalized spacial score (nSPS) is 10.6. The summed E-state index contributed by atoms with van der Waals surface area (Å²) in [4.78, 5) is 12.2. The molecular formula is C19H14ClF2NO3. The van der Waals surface area contributed by atoms with Crippen molar-refractivity contribution in [1.82, 2.24) is 0 Å². The third kappa shape index (κ3) is 3.86. The van der Waals surface area contributed by atoms with Crippen LogP contribution in [0.2, 0.25) is 5.02 Å². The Morgan fingerprint density at radius 2 is 1.92 bits per heavy atom. The van der Waals surface area contributed by atoms with E-state index in [4.69, 9.17) is 20.8 Å². The Morgan fingerprint density at radius 3 is 2.58 bits per heavy atom. The average Bonchev–Trinajstić information content (AvgIpc) is 3.03. The van der Waals surface area contributed by atoms with E-state index in [0.717, 1.165) is 12.1 Å². The molecule has 4 nitrogen and oxygen atoms in total. The van der Waals surface area contributed by atoms with E-state index in [2.05, 4.69) is 5.32 Å². The number of carbonyl (C=O) groups excluding carboxylic acids is 1. The third-order valence-corrected chi connectivity index (χ3v) is 4.07. The van der Waals surface area contributed by atoms with Crippen LogP contribution in [0, 0.1) is 18.6 Å². The largest absolute Gasteiger partial charge is 0.483 e. The molecule has 134 valence electrons. The molecule has 2 aromatic carbocycles. The van der Waals surface area contributed by atoms with Gasteiger partial charge in [-0.05, 0) is 43.3 Å². The molecule has 0 saturated carbocycles. The first-order valence-electron chi connectivity index (χ1n) is 7.66. The van der Waals surface area contributed by atoms with Crippen LogP contribution in [0.15, 0.2) is 53.1 Å². The zero-order valence-electron chi connectivity index (χ0n) is 13.7. The summed E-state index contributed by atoms with van der Waals surface area (Å²) in [6, 6.07) is 9.77. The minimum absolute atomic E-state index is 0.162. The number of rotatable bonds is 5. The van der Waals surface area contributed by atoms with Crippen molar-refractivity contribution in [2.24, 2.45) is 0 Å². The van der Waals surface area contributed by atoms with Crippen LogP contribution in [-0.4, -0.2) is 5.91 Å². The monoisotopic (exact) mass is 377 g/mol. The van der Waals surface area contributed by atoms with Crippen LogP contribution in [-0.2, 0) is 6.61 Å². The molecule has 26 heavy (non-hydrogen) atoms. The second-order valence-electron chi connectivity index (χ2n) is 5.49. The van der Waals surface area contributed by atoms with Crippen molar-refractivity contribution in [3.05, 3.63) is 82.3 Å². The molecule has 1 aromatic heterocycles. The van der Waals surface area contributed by atoms with Gasteiger partial charge < -0.3 is 14.5 Å². The summed E-state index contributed by atoms with van der Waals surface area (Å²) in [5, 5.41) is 3.06. The number of benzene rings is 2. The number of para-hydroxylation sites is 1. The quantitative estimate of drug-likeness (QED) is 0.652. The number of nitrogens with one attached hydrogen (secondary N) is 1. The van der Waals surface area contributed by atoms with Crippen LogP contribution in [0.1, 0.15) is 21.7 Å². The van der Waals surface area contributed by atoms with Crippen molar-refractivity contribution in [1.29, 1.82) is 0 Å². The molecule has 1 N–H and O–H groups in total. The average molecular weight is 378 g/mol. The summed E-state index contributed by atoms with van der Waals surface area (Å²) in [7, 11) is 0. The Bertz CT molecular complexity index is 935. The number of anilines is 1. The van der Waals surface area contributed by atoms with Gasteiger partial charge in [-0.3, -0.25) is 4.79 Å². The Kier molecular flexibility index (Phi) is 5.23. The molecule has 0 aliphatic rings. The van der Waals surface area contributed by atoms with Gasteiger partial charge in [0.05, 0.1) is 11.8 Å². The molecule has 0 atom stereocenters. The van der Waals surface area contributed by atoms with E-state index in [-0.39, 0.29) is 12.5 Å². The van der Waals surface area contributed by atoms with Crippen molar-refractivity contribution < 1.29 is 22.7 Å². The van der Waals surface area contributed by atoms with Crippen LogP contribution >= 0.6 is 11.6 Å². The standard InChI is InChI=1S/C19H14ClF2NO3/c1-11-14(7-8-25-11)19(24)23-13-5-6-15(20)12(9-13)10-26-18-16(21)3-2-4-17(18)22/h2-9H,10H2,1H3,(H,23,24). The van der Waals surface area contributed by atoms with Crippen LogP contribution in [0.3, 0.4) is 0 Å². The summed E-state index contributed by atoms with van der Waals surface area (Å²) >= 11 is 6.11. The predicted octanol–water partition coefficient (Wildman–Crippen LogP) is 5.35. The van der Waals surface area contributed by atoms with Crippen LogP contribution < -0.4 is 10.1 Å². The van der Waals surface area contributed by atoms with Gasteiger partial charge in [-0.15, -0.1) is 0 Å². The fraction of sp³-hybridized carbons (Fsp3) is 0.105. The zero-order valence-corrected chi connectivity index (χ0v) is 14.4. The molecule has 0 radical (unpaired) electrons. The molecule has 1 amide bonds. The van der Waals surface area contributed by atoms with Gasteiger partial charge in [-0.2, -0.15) is 0 Å². The number of ether oxygens (including phenoxy) is 1. The van der Waals surface area contributed by atoms with E-state index in [9.17, 15) is 13.6 Å². The lowest BCUT2D eigenvalue weighted by atomic mass is 10.2. The number of hydrogen-bond donors (Lipinski definition) is 1. The lowest BCUT2D eigenvalue weighted by Gasteiger charge is -2.11. The lowest BCUT2D eigenvalue weighted by Crippen LogP contribution is -2.12. The fourth-order valence-corrected chi connectivity index (χ4v) is 2.52. The molecular weight excluding hydrogens is 364 g/mol. The third-order valence-electron chi connectivity index (χ3n) is 3.70. The van der Waals surface area contributed by atoms with E-state index in [1.165, 1.54) is 12.3 Å². The van der Waals surface area contributed by atoms with Gasteiger partial charge in [0.2, 0.25) is 0 Å². The highest BCUT2D eigenvalue weighted by atomic mass is 35.5. The number of amides is 1. The molecule has 0 aliphatic heterocycles. The second kappa shape index (κ2) is 7.58. The first kappa shape index (κ1) is 17.9. The summed E-state index contributed by atoms with van der Waals surface area (Å²) < 4.78 is 37.6. The summed E-state index contributed by atoms with van der Waals surface area (Å²) in [5.41, 5.74) is 1.34. The van der Waals surface area contributed by atoms with Gasteiger partial charge in [0.15, 0.2) is 17.4 Å². The number of aryl methyl sites for hydroxylation is 1. The Hall–Kier alpha value is -2.86. The topological polar surface area (TPSA) is 51.5 Å². The van der Waals surface area contributed by atoms with E-state index in [1.807, 2.05) is 0 Å². The molecule has 0 aliphatic carbocycles. The maximum atomic E-state index is 13.6. The number of halogens is 3. The highest BCUT2D eigenvalue weighted by Crippen LogP contribution is 2.26. The number of carbonyl (C=O) groups is 1. The molecule has 0 fully saturated rings. The minimum Gasteiger partial charge on any atom is -0.483 e. The molecule has 7 heteroatoms. The second-order valence-corrected chi connectivity index (χ2v) is 5.90. The molecule has 1 heterocycles. The van der Waals surface area contributed by atoms with Crippen LogP contribution in [0.5, 0.6) is 5.75 Å². The highest BCUT2D eigenvalue weighted by molar-refractivity contribution is 6.31. The van der Waals surface area contributed by atoms with Crippen molar-refractivity contribution >= 4 is 23.2 Å². The molecule has 3 aromatic rings. The van der Waals surface area contributed by atoms with Gasteiger partial charge in [0, 0.05) is 16.3 Å². The van der Waals surface area contributed by atoms with Crippen LogP contribution in [0.25, 0.3) is 0 Å². The Labute approximate surface area is 153 Å². The first-order chi connectivity index (χ1) is 12.5. The van der Waals surface area contributed by atoms with Gasteiger partial charge in [0.1, 0.15) is 12.4 Å². The highest BCUT2D eigenvalue weighted by Gasteiger charge is 2.14. The number of furan rings is 1. The van der Waals surface area contributed by atoms with E-state index >= 15 is 0 Å². The molecule has 0 unspecified atom stereocenters. The summed E-state index contributed by atoms with van der Waals surface area (Å²) in [6.07, 6.45) is 1.42. The van der Waals surface area contributed by atoms with Crippen molar-refractivity contribution in [3.8, 4) is 5.75 Å². The van der Waals surface area contributed by atoms with Gasteiger partial charge in [-0.1, -0.05) is 17.7 Å². The van der Waals surface area contributed by atoms with Gasteiger partial charge in [-0.25, -0.2) is 8.78 Å². The van der Waals surface area contributed by atoms with Crippen molar-refractivity contribution in [2.75, 3.05) is 5.32 Å². The van der Waals surface area contributed by atoms with Gasteiger partial charge >= 0.3 is 0 Å². The lowest BCUT2D eigenvalue weighted by molar-refractivity contribution is 0.102. The van der Waals surface area contributed by atoms with E-state index in [1.54, 1.807) is 31.2 Å². The molecule has 3 rings (SSSR count). The SMILES string of the molecule is Cc1occc1C(=O)Nc1ccc(Cl)c(COc2c(F)cccc2F)c1. The smallest absolute Gasteiger partial charge is 0.259 e. The maximum Gasteiger partial charge on any atom is 0.259 e. The van der Waals surface area contributed by atoms with E-state index in [0.29, 0.717) is 27.6 Å². The van der Waals surface area contributed by atoms with Crippen molar-refractivity contribution in [3.63, 3.8) is 0 Å². The maximum absolute atomic E-state index is 13.6. The Morgan fingerprint density at radius 1 is 1.19 bits per heavy atom. The zero-order chi connectivity index (χ0) is 18.7. The fourth-order valence-electron chi connectivity index (χ4n) is 2.35. The predicted molar refractivity (Wildman–Crippen MR) is 93.5 cm³/mol. The summed E-state index contributed by atoms with van der Waals surface area (Å²) in [6.45, 7) is 1.52. The summed E-state index contributed by atoms with van der Waals surface area (Å²) in [5.74, 6) is -1.94. The van der Waals surface area contributed by atoms with Crippen LogP contribution in [0.4, 0.5) is 14.5 Å². The number of hydrogen-bond acceptors (Lipinski definition) is 3. The molecule has 0 saturated heterocycles. The minimum atomic E-state index is -0.805. The van der Waals surface area contributed by atoms with Crippen molar-refractivity contribution in [2.45, 2.75) is 13.5 Å². The first-order valence-corrected chi connectivity index (χ1v) is 8.04.